The zero-order chi connectivity index (χ0) is 24.0. The van der Waals surface area contributed by atoms with Gasteiger partial charge in [-0.1, -0.05) is 18.5 Å². The predicted octanol–water partition coefficient (Wildman–Crippen LogP) is 4.02. The number of carbonyl (C=O) groups excluding carboxylic acids is 2. The second-order valence-corrected chi connectivity index (χ2v) is 11.7. The molecule has 0 spiro atoms. The van der Waals surface area contributed by atoms with Crippen LogP contribution in [0.3, 0.4) is 0 Å². The van der Waals surface area contributed by atoms with Crippen LogP contribution in [0.4, 0.5) is 11.4 Å². The van der Waals surface area contributed by atoms with Gasteiger partial charge in [0.15, 0.2) is 0 Å². The van der Waals surface area contributed by atoms with Gasteiger partial charge in [-0.3, -0.25) is 9.59 Å². The van der Waals surface area contributed by atoms with Crippen LogP contribution < -0.4 is 10.2 Å². The Kier molecular flexibility index (Phi) is 6.28. The Morgan fingerprint density at radius 2 is 1.88 bits per heavy atom. The minimum Gasteiger partial charge on any atom is -0.325 e. The summed E-state index contributed by atoms with van der Waals surface area (Å²) in [5, 5.41) is 3.32. The molecular weight excluding hydrogens is 462 g/mol. The topological polar surface area (TPSA) is 86.8 Å². The van der Waals surface area contributed by atoms with Crippen molar-refractivity contribution in [1.29, 1.82) is 0 Å². The second kappa shape index (κ2) is 8.74. The molecule has 2 aliphatic rings. The molecule has 0 aliphatic carbocycles. The van der Waals surface area contributed by atoms with E-state index in [1.54, 1.807) is 50.2 Å². The maximum atomic E-state index is 13.3. The van der Waals surface area contributed by atoms with Gasteiger partial charge in [-0.2, -0.15) is 4.31 Å². The van der Waals surface area contributed by atoms with E-state index in [0.717, 1.165) is 12.8 Å². The summed E-state index contributed by atoms with van der Waals surface area (Å²) < 4.78 is 28.1. The molecule has 1 fully saturated rings. The largest absolute Gasteiger partial charge is 0.325 e. The Morgan fingerprint density at radius 3 is 2.55 bits per heavy atom. The number of benzene rings is 2. The quantitative estimate of drug-likeness (QED) is 0.687. The highest BCUT2D eigenvalue weighted by molar-refractivity contribution is 7.89. The minimum absolute atomic E-state index is 0.173. The molecule has 2 aromatic carbocycles. The van der Waals surface area contributed by atoms with Crippen molar-refractivity contribution in [3.8, 4) is 0 Å². The van der Waals surface area contributed by atoms with Crippen LogP contribution in [0.5, 0.6) is 0 Å². The van der Waals surface area contributed by atoms with Gasteiger partial charge in [-0.15, -0.1) is 0 Å². The van der Waals surface area contributed by atoms with Gasteiger partial charge >= 0.3 is 0 Å². The van der Waals surface area contributed by atoms with E-state index >= 15 is 0 Å². The molecule has 9 heteroatoms. The average molecular weight is 490 g/mol. The molecule has 0 saturated carbocycles. The summed E-state index contributed by atoms with van der Waals surface area (Å²) in [6.07, 6.45) is 1.86. The third kappa shape index (κ3) is 4.52. The molecule has 176 valence electrons. The Hall–Kier alpha value is -2.42. The number of nitrogens with zero attached hydrogens (tertiary/aromatic N) is 2. The number of hydrogen-bond acceptors (Lipinski definition) is 4. The molecule has 0 radical (unpaired) electrons. The third-order valence-electron chi connectivity index (χ3n) is 6.40. The molecule has 4 rings (SSSR count). The van der Waals surface area contributed by atoms with Crippen molar-refractivity contribution in [3.05, 3.63) is 53.1 Å². The number of halogens is 1. The third-order valence-corrected chi connectivity index (χ3v) is 8.51. The highest BCUT2D eigenvalue weighted by Crippen LogP contribution is 2.43. The Morgan fingerprint density at radius 1 is 1.18 bits per heavy atom. The number of carbonyl (C=O) groups is 2. The van der Waals surface area contributed by atoms with Gasteiger partial charge < -0.3 is 10.2 Å². The summed E-state index contributed by atoms with van der Waals surface area (Å²) in [6, 6.07) is 11.5. The van der Waals surface area contributed by atoms with Gasteiger partial charge in [0.2, 0.25) is 21.8 Å². The van der Waals surface area contributed by atoms with Crippen LogP contribution in [0.15, 0.2) is 47.4 Å². The van der Waals surface area contributed by atoms with Crippen LogP contribution in [-0.2, 0) is 25.0 Å². The Bertz CT molecular complexity index is 1190. The van der Waals surface area contributed by atoms with Crippen LogP contribution in [0.25, 0.3) is 0 Å². The minimum atomic E-state index is -3.66. The lowest BCUT2D eigenvalue weighted by Gasteiger charge is -2.30. The van der Waals surface area contributed by atoms with E-state index in [-0.39, 0.29) is 23.3 Å². The van der Waals surface area contributed by atoms with E-state index in [4.69, 9.17) is 11.6 Å². The number of hydrogen-bond donors (Lipinski definition) is 1. The van der Waals surface area contributed by atoms with Crippen molar-refractivity contribution in [2.24, 2.45) is 5.92 Å². The number of anilines is 2. The standard InChI is InChI=1S/C24H28ClN3O4S/c1-16-5-4-12-27(14-16)33(31,32)19-10-11-21-20(13-19)24(2,3)23(30)28(21)15-22(29)26-18-8-6-17(25)7-9-18/h6-11,13,16H,4-5,12,14-15H2,1-3H3,(H,26,29)/t16-/m0/s1. The molecule has 0 bridgehead atoms. The molecule has 1 atom stereocenters. The molecule has 0 aromatic heterocycles. The van der Waals surface area contributed by atoms with Crippen LogP contribution in [0.2, 0.25) is 5.02 Å². The molecule has 0 unspecified atom stereocenters. The van der Waals surface area contributed by atoms with E-state index in [0.29, 0.717) is 41.0 Å². The Labute approximate surface area is 199 Å². The predicted molar refractivity (Wildman–Crippen MR) is 129 cm³/mol. The van der Waals surface area contributed by atoms with Gasteiger partial charge in [-0.05, 0) is 80.6 Å². The number of rotatable bonds is 5. The van der Waals surface area contributed by atoms with E-state index < -0.39 is 15.4 Å². The number of fused-ring (bicyclic) bond motifs is 1. The van der Waals surface area contributed by atoms with Gasteiger partial charge in [0.25, 0.3) is 0 Å². The SMILES string of the molecule is C[C@H]1CCCN(S(=O)(=O)c2ccc3c(c2)C(C)(C)C(=O)N3CC(=O)Nc2ccc(Cl)cc2)C1. The van der Waals surface area contributed by atoms with Crippen molar-refractivity contribution < 1.29 is 18.0 Å². The van der Waals surface area contributed by atoms with E-state index in [1.165, 1.54) is 15.3 Å². The van der Waals surface area contributed by atoms with Crippen LogP contribution in [0, 0.1) is 5.92 Å². The van der Waals surface area contributed by atoms with Gasteiger partial charge in [-0.25, -0.2) is 8.42 Å². The molecule has 1 N–H and O–H groups in total. The molecule has 1 saturated heterocycles. The van der Waals surface area contributed by atoms with Crippen LogP contribution >= 0.6 is 11.6 Å². The number of amides is 2. The van der Waals surface area contributed by atoms with Crippen LogP contribution in [-0.4, -0.2) is 44.2 Å². The molecule has 2 aromatic rings. The molecular formula is C24H28ClN3O4S. The summed E-state index contributed by atoms with van der Waals surface area (Å²) >= 11 is 5.88. The summed E-state index contributed by atoms with van der Waals surface area (Å²) in [7, 11) is -3.66. The fourth-order valence-corrected chi connectivity index (χ4v) is 6.27. The zero-order valence-electron chi connectivity index (χ0n) is 19.0. The van der Waals surface area contributed by atoms with Crippen molar-refractivity contribution in [3.63, 3.8) is 0 Å². The molecule has 7 nitrogen and oxygen atoms in total. The monoisotopic (exact) mass is 489 g/mol. The summed E-state index contributed by atoms with van der Waals surface area (Å²) in [5.74, 6) is -0.283. The first-order valence-electron chi connectivity index (χ1n) is 11.0. The van der Waals surface area contributed by atoms with Crippen molar-refractivity contribution in [2.75, 3.05) is 29.9 Å². The van der Waals surface area contributed by atoms with E-state index in [9.17, 15) is 18.0 Å². The number of nitrogens with one attached hydrogen (secondary N) is 1. The van der Waals surface area contributed by atoms with Crippen molar-refractivity contribution in [2.45, 2.75) is 43.9 Å². The summed E-state index contributed by atoms with van der Waals surface area (Å²) in [5.41, 5.74) is 0.796. The number of sulfonamides is 1. The lowest BCUT2D eigenvalue weighted by atomic mass is 9.86. The van der Waals surface area contributed by atoms with Gasteiger partial charge in [0.1, 0.15) is 6.54 Å². The first kappa shape index (κ1) is 23.7. The molecule has 2 heterocycles. The summed E-state index contributed by atoms with van der Waals surface area (Å²) in [6.45, 7) is 6.39. The fraction of sp³-hybridized carbons (Fsp3) is 0.417. The lowest BCUT2D eigenvalue weighted by Crippen LogP contribution is -2.40. The first-order chi connectivity index (χ1) is 15.5. The fourth-order valence-electron chi connectivity index (χ4n) is 4.52. The molecule has 33 heavy (non-hydrogen) atoms. The molecule has 2 amide bonds. The Balaban J connectivity index is 1.59. The maximum Gasteiger partial charge on any atom is 0.244 e. The van der Waals surface area contributed by atoms with Gasteiger partial charge in [0.05, 0.1) is 10.3 Å². The molecule has 2 aliphatic heterocycles. The highest BCUT2D eigenvalue weighted by atomic mass is 35.5. The smallest absolute Gasteiger partial charge is 0.244 e. The van der Waals surface area contributed by atoms with Crippen molar-refractivity contribution in [1.82, 2.24) is 4.31 Å². The van der Waals surface area contributed by atoms with Gasteiger partial charge in [0, 0.05) is 29.5 Å². The maximum absolute atomic E-state index is 13.3. The van der Waals surface area contributed by atoms with E-state index in [2.05, 4.69) is 12.2 Å². The van der Waals surface area contributed by atoms with Crippen LogP contribution in [0.1, 0.15) is 39.2 Å². The normalized spacial score (nSPS) is 20.5. The highest BCUT2D eigenvalue weighted by Gasteiger charge is 2.45. The lowest BCUT2D eigenvalue weighted by molar-refractivity contribution is -0.124. The summed E-state index contributed by atoms with van der Waals surface area (Å²) in [4.78, 5) is 27.4. The van der Waals surface area contributed by atoms with Crippen molar-refractivity contribution >= 4 is 44.8 Å². The zero-order valence-corrected chi connectivity index (χ0v) is 20.5. The van der Waals surface area contributed by atoms with E-state index in [1.807, 2.05) is 0 Å². The second-order valence-electron chi connectivity index (χ2n) is 9.36. The number of piperidine rings is 1. The first-order valence-corrected chi connectivity index (χ1v) is 12.8. The average Bonchev–Trinajstić information content (AvgIpc) is 2.95.